The van der Waals surface area contributed by atoms with Crippen LogP contribution in [0.25, 0.3) is 0 Å². The fourth-order valence-corrected chi connectivity index (χ4v) is 1.49. The summed E-state index contributed by atoms with van der Waals surface area (Å²) in [5.74, 6) is 0.181. The molecule has 0 spiro atoms. The second-order valence-electron chi connectivity index (χ2n) is 4.81. The molecule has 0 bridgehead atoms. The molecule has 0 heterocycles. The molecule has 1 rings (SSSR count). The van der Waals surface area contributed by atoms with Crippen LogP contribution in [0.3, 0.4) is 0 Å². The maximum absolute atomic E-state index is 11.6. The lowest BCUT2D eigenvalue weighted by atomic mass is 10.1. The lowest BCUT2D eigenvalue weighted by Crippen LogP contribution is -2.48. The highest BCUT2D eigenvalue weighted by Gasteiger charge is 2.19. The van der Waals surface area contributed by atoms with E-state index in [0.717, 1.165) is 5.56 Å². The third-order valence-electron chi connectivity index (χ3n) is 2.32. The first-order valence-electron chi connectivity index (χ1n) is 5.65. The standard InChI is InChI=1S/C13H18ClNO3/c1-9-4-5-10(14)11(6-9)18-7-12(17)15-13(2,3)8-16/h4-6,16H,7-8H2,1-3H3,(H,15,17). The molecule has 0 aliphatic rings. The van der Waals surface area contributed by atoms with Gasteiger partial charge in [0.05, 0.1) is 17.2 Å². The molecule has 0 radical (unpaired) electrons. The van der Waals surface area contributed by atoms with E-state index in [1.807, 2.05) is 13.0 Å². The number of amides is 1. The molecular weight excluding hydrogens is 254 g/mol. The smallest absolute Gasteiger partial charge is 0.258 e. The van der Waals surface area contributed by atoms with Gasteiger partial charge in [0, 0.05) is 0 Å². The van der Waals surface area contributed by atoms with Crippen LogP contribution in [0.2, 0.25) is 5.02 Å². The van der Waals surface area contributed by atoms with E-state index in [1.54, 1.807) is 26.0 Å². The Morgan fingerprint density at radius 2 is 2.17 bits per heavy atom. The van der Waals surface area contributed by atoms with Crippen LogP contribution in [0.1, 0.15) is 19.4 Å². The Balaban J connectivity index is 2.55. The molecule has 100 valence electrons. The van der Waals surface area contributed by atoms with Gasteiger partial charge in [-0.05, 0) is 38.5 Å². The van der Waals surface area contributed by atoms with Crippen LogP contribution in [0, 0.1) is 6.92 Å². The number of carbonyl (C=O) groups excluding carboxylic acids is 1. The molecule has 2 N–H and O–H groups in total. The van der Waals surface area contributed by atoms with Gasteiger partial charge in [0.1, 0.15) is 5.75 Å². The molecule has 0 atom stereocenters. The van der Waals surface area contributed by atoms with Crippen LogP contribution in [-0.4, -0.2) is 29.8 Å². The van der Waals surface area contributed by atoms with E-state index >= 15 is 0 Å². The van der Waals surface area contributed by atoms with Crippen molar-refractivity contribution in [1.29, 1.82) is 0 Å². The van der Waals surface area contributed by atoms with Crippen molar-refractivity contribution in [2.45, 2.75) is 26.3 Å². The molecule has 0 unspecified atom stereocenters. The number of aliphatic hydroxyl groups excluding tert-OH is 1. The van der Waals surface area contributed by atoms with Gasteiger partial charge in [-0.3, -0.25) is 4.79 Å². The van der Waals surface area contributed by atoms with Crippen molar-refractivity contribution in [2.24, 2.45) is 0 Å². The summed E-state index contributed by atoms with van der Waals surface area (Å²) in [6.07, 6.45) is 0. The summed E-state index contributed by atoms with van der Waals surface area (Å²) in [6.45, 7) is 5.10. The Bertz CT molecular complexity index is 432. The van der Waals surface area contributed by atoms with Crippen molar-refractivity contribution >= 4 is 17.5 Å². The molecule has 1 aromatic carbocycles. The summed E-state index contributed by atoms with van der Waals surface area (Å²) >= 11 is 5.94. The minimum atomic E-state index is -0.656. The van der Waals surface area contributed by atoms with Gasteiger partial charge in [-0.2, -0.15) is 0 Å². The number of aryl methyl sites for hydroxylation is 1. The van der Waals surface area contributed by atoms with Gasteiger partial charge in [-0.1, -0.05) is 17.7 Å². The zero-order valence-corrected chi connectivity index (χ0v) is 11.5. The van der Waals surface area contributed by atoms with Crippen molar-refractivity contribution in [3.63, 3.8) is 0 Å². The number of ether oxygens (including phenoxy) is 1. The molecule has 1 aromatic rings. The largest absolute Gasteiger partial charge is 0.482 e. The predicted octanol–water partition coefficient (Wildman–Crippen LogP) is 1.91. The van der Waals surface area contributed by atoms with Gasteiger partial charge >= 0.3 is 0 Å². The van der Waals surface area contributed by atoms with Gasteiger partial charge in [-0.15, -0.1) is 0 Å². The van der Waals surface area contributed by atoms with Crippen molar-refractivity contribution < 1.29 is 14.6 Å². The second-order valence-corrected chi connectivity index (χ2v) is 5.22. The van der Waals surface area contributed by atoms with E-state index in [0.29, 0.717) is 10.8 Å². The van der Waals surface area contributed by atoms with E-state index in [1.165, 1.54) is 0 Å². The summed E-state index contributed by atoms with van der Waals surface area (Å²) in [7, 11) is 0. The van der Waals surface area contributed by atoms with Crippen LogP contribution >= 0.6 is 11.6 Å². The monoisotopic (exact) mass is 271 g/mol. The Labute approximate surface area is 112 Å². The Kier molecular flexibility index (Phi) is 4.99. The third-order valence-corrected chi connectivity index (χ3v) is 2.63. The van der Waals surface area contributed by atoms with E-state index in [2.05, 4.69) is 5.32 Å². The minimum absolute atomic E-state index is 0.132. The second kappa shape index (κ2) is 6.07. The molecule has 1 amide bonds. The minimum Gasteiger partial charge on any atom is -0.482 e. The van der Waals surface area contributed by atoms with Gasteiger partial charge in [-0.25, -0.2) is 0 Å². The van der Waals surface area contributed by atoms with Crippen LogP contribution < -0.4 is 10.1 Å². The molecule has 0 aliphatic heterocycles. The van der Waals surface area contributed by atoms with Crippen molar-refractivity contribution in [3.8, 4) is 5.75 Å². The topological polar surface area (TPSA) is 58.6 Å². The maximum Gasteiger partial charge on any atom is 0.258 e. The molecule has 0 saturated carbocycles. The van der Waals surface area contributed by atoms with E-state index in [4.69, 9.17) is 21.4 Å². The third kappa shape index (κ3) is 4.55. The van der Waals surface area contributed by atoms with Crippen molar-refractivity contribution in [3.05, 3.63) is 28.8 Å². The predicted molar refractivity (Wildman–Crippen MR) is 71.0 cm³/mol. The molecule has 5 heteroatoms. The first-order chi connectivity index (χ1) is 8.34. The molecule has 0 aliphatic carbocycles. The number of halogens is 1. The molecule has 4 nitrogen and oxygen atoms in total. The molecular formula is C13H18ClNO3. The number of carbonyl (C=O) groups is 1. The van der Waals surface area contributed by atoms with Crippen molar-refractivity contribution in [2.75, 3.05) is 13.2 Å². The number of rotatable bonds is 5. The fraction of sp³-hybridized carbons (Fsp3) is 0.462. The highest BCUT2D eigenvalue weighted by Crippen LogP contribution is 2.25. The maximum atomic E-state index is 11.6. The molecule has 0 fully saturated rings. The average Bonchev–Trinajstić information content (AvgIpc) is 2.30. The highest BCUT2D eigenvalue weighted by atomic mass is 35.5. The van der Waals surface area contributed by atoms with Gasteiger partial charge in [0.25, 0.3) is 5.91 Å². The van der Waals surface area contributed by atoms with E-state index in [-0.39, 0.29) is 19.1 Å². The Hall–Kier alpha value is -1.26. The average molecular weight is 272 g/mol. The highest BCUT2D eigenvalue weighted by molar-refractivity contribution is 6.32. The zero-order chi connectivity index (χ0) is 13.8. The van der Waals surface area contributed by atoms with Crippen LogP contribution in [-0.2, 0) is 4.79 Å². The molecule has 0 aromatic heterocycles. The normalized spacial score (nSPS) is 11.2. The van der Waals surface area contributed by atoms with Gasteiger partial charge in [0.15, 0.2) is 6.61 Å². The zero-order valence-electron chi connectivity index (χ0n) is 10.8. The summed E-state index contributed by atoms with van der Waals surface area (Å²) in [4.78, 5) is 11.6. The lowest BCUT2D eigenvalue weighted by molar-refractivity contribution is -0.125. The summed E-state index contributed by atoms with van der Waals surface area (Å²) in [5, 5.41) is 12.2. The van der Waals surface area contributed by atoms with Crippen molar-refractivity contribution in [1.82, 2.24) is 5.32 Å². The first kappa shape index (κ1) is 14.8. The van der Waals surface area contributed by atoms with Gasteiger partial charge < -0.3 is 15.2 Å². The summed E-state index contributed by atoms with van der Waals surface area (Å²) in [6, 6.07) is 5.36. The Morgan fingerprint density at radius 1 is 1.50 bits per heavy atom. The number of benzene rings is 1. The lowest BCUT2D eigenvalue weighted by Gasteiger charge is -2.23. The first-order valence-corrected chi connectivity index (χ1v) is 6.03. The molecule has 0 saturated heterocycles. The van der Waals surface area contributed by atoms with Crippen LogP contribution in [0.5, 0.6) is 5.75 Å². The van der Waals surface area contributed by atoms with E-state index in [9.17, 15) is 4.79 Å². The number of nitrogens with one attached hydrogen (secondary N) is 1. The Morgan fingerprint density at radius 3 is 2.78 bits per heavy atom. The fourth-order valence-electron chi connectivity index (χ4n) is 1.32. The SMILES string of the molecule is Cc1ccc(Cl)c(OCC(=O)NC(C)(C)CO)c1. The quantitative estimate of drug-likeness (QED) is 0.860. The number of hydrogen-bond donors (Lipinski definition) is 2. The molecule has 18 heavy (non-hydrogen) atoms. The summed E-state index contributed by atoms with van der Waals surface area (Å²) in [5.41, 5.74) is 0.349. The number of aliphatic hydroxyl groups is 1. The van der Waals surface area contributed by atoms with E-state index < -0.39 is 5.54 Å². The van der Waals surface area contributed by atoms with Crippen LogP contribution in [0.4, 0.5) is 0 Å². The van der Waals surface area contributed by atoms with Gasteiger partial charge in [0.2, 0.25) is 0 Å². The summed E-state index contributed by atoms with van der Waals surface area (Å²) < 4.78 is 5.34. The number of hydrogen-bond acceptors (Lipinski definition) is 3. The van der Waals surface area contributed by atoms with Crippen LogP contribution in [0.15, 0.2) is 18.2 Å².